The Balaban J connectivity index is 1.71. The first-order valence-electron chi connectivity index (χ1n) is 13.0. The summed E-state index contributed by atoms with van der Waals surface area (Å²) in [7, 11) is 0. The summed E-state index contributed by atoms with van der Waals surface area (Å²) in [5.74, 6) is -1.57. The lowest BCUT2D eigenvalue weighted by Crippen LogP contribution is -2.39. The smallest absolute Gasteiger partial charge is 0.267 e. The summed E-state index contributed by atoms with van der Waals surface area (Å²) < 4.78 is 14.7. The number of halogens is 1. The Morgan fingerprint density at radius 1 is 1.13 bits per heavy atom. The second kappa shape index (κ2) is 12.2. The molecule has 0 saturated carbocycles. The van der Waals surface area contributed by atoms with Crippen LogP contribution in [-0.4, -0.2) is 62.2 Å². The van der Waals surface area contributed by atoms with Crippen LogP contribution in [0.3, 0.4) is 0 Å². The van der Waals surface area contributed by atoms with E-state index in [1.54, 1.807) is 31.3 Å². The zero-order valence-corrected chi connectivity index (χ0v) is 21.5. The van der Waals surface area contributed by atoms with Crippen LogP contribution >= 0.6 is 0 Å². The Labute approximate surface area is 219 Å². The summed E-state index contributed by atoms with van der Waals surface area (Å²) in [6.45, 7) is 2.60. The topological polar surface area (TPSA) is 125 Å². The van der Waals surface area contributed by atoms with Gasteiger partial charge in [0, 0.05) is 38.3 Å². The summed E-state index contributed by atoms with van der Waals surface area (Å²) in [5, 5.41) is 22.8. The molecule has 2 amide bonds. The molecule has 1 fully saturated rings. The van der Waals surface area contributed by atoms with Crippen molar-refractivity contribution in [3.63, 3.8) is 0 Å². The molecule has 1 atom stereocenters. The summed E-state index contributed by atoms with van der Waals surface area (Å²) in [6.07, 6.45) is 5.80. The number of carbonyl (C=O) groups is 2. The lowest BCUT2D eigenvalue weighted by Gasteiger charge is -2.21. The number of aliphatic hydroxyl groups is 1. The van der Waals surface area contributed by atoms with Crippen LogP contribution in [0.5, 0.6) is 5.75 Å². The third-order valence-corrected chi connectivity index (χ3v) is 6.82. The summed E-state index contributed by atoms with van der Waals surface area (Å²) in [4.78, 5) is 45.0. The van der Waals surface area contributed by atoms with E-state index in [4.69, 9.17) is 0 Å². The van der Waals surface area contributed by atoms with Crippen molar-refractivity contribution in [2.45, 2.75) is 58.0 Å². The SMILES string of the molecule is C[C@@H](CO)NC(=O)c1c(O)c2ncc(Cc3ccc(F)cc3)cc2n(CCCN2CCCCCC2=O)c1=O. The van der Waals surface area contributed by atoms with E-state index >= 15 is 0 Å². The van der Waals surface area contributed by atoms with Gasteiger partial charge in [-0.15, -0.1) is 0 Å². The van der Waals surface area contributed by atoms with E-state index in [0.29, 0.717) is 37.9 Å². The Morgan fingerprint density at radius 3 is 2.63 bits per heavy atom. The highest BCUT2D eigenvalue weighted by atomic mass is 19.1. The predicted molar refractivity (Wildman–Crippen MR) is 141 cm³/mol. The number of nitrogens with zero attached hydrogens (tertiary/aromatic N) is 3. The van der Waals surface area contributed by atoms with Crippen molar-refractivity contribution < 1.29 is 24.2 Å². The van der Waals surface area contributed by atoms with Gasteiger partial charge in [-0.2, -0.15) is 0 Å². The molecule has 0 aliphatic carbocycles. The number of hydrogen-bond acceptors (Lipinski definition) is 6. The molecule has 0 radical (unpaired) electrons. The number of aryl methyl sites for hydroxylation is 1. The molecular formula is C28H33FN4O5. The molecule has 202 valence electrons. The molecular weight excluding hydrogens is 491 g/mol. The third kappa shape index (κ3) is 6.19. The van der Waals surface area contributed by atoms with Crippen LogP contribution < -0.4 is 10.9 Å². The number of hydrogen-bond donors (Lipinski definition) is 3. The van der Waals surface area contributed by atoms with Crippen LogP contribution in [0.4, 0.5) is 4.39 Å². The van der Waals surface area contributed by atoms with E-state index in [9.17, 15) is 29.0 Å². The molecule has 4 rings (SSSR count). The maximum absolute atomic E-state index is 13.6. The van der Waals surface area contributed by atoms with Crippen LogP contribution in [0.1, 0.15) is 60.5 Å². The minimum absolute atomic E-state index is 0.0973. The van der Waals surface area contributed by atoms with Gasteiger partial charge in [0.2, 0.25) is 5.91 Å². The average Bonchev–Trinajstić information content (AvgIpc) is 3.11. The van der Waals surface area contributed by atoms with Gasteiger partial charge in [-0.05, 0) is 61.9 Å². The second-order valence-electron chi connectivity index (χ2n) is 9.80. The highest BCUT2D eigenvalue weighted by Crippen LogP contribution is 2.26. The van der Waals surface area contributed by atoms with Crippen molar-refractivity contribution in [1.29, 1.82) is 0 Å². The first kappa shape index (κ1) is 27.3. The van der Waals surface area contributed by atoms with E-state index in [-0.39, 0.29) is 30.4 Å². The van der Waals surface area contributed by atoms with E-state index in [1.165, 1.54) is 16.7 Å². The van der Waals surface area contributed by atoms with Crippen LogP contribution in [0.2, 0.25) is 0 Å². The standard InChI is InChI=1S/C28H33FN4O5/c1-18(17-34)31-27(37)24-26(36)25-22(15-20(16-30-25)14-19-7-9-21(29)10-8-19)33(28(24)38)13-5-12-32-11-4-2-3-6-23(32)35/h7-10,15-16,18,34,36H,2-6,11-14,17H2,1H3,(H,31,37)/t18-/m0/s1. The fourth-order valence-electron chi connectivity index (χ4n) is 4.74. The highest BCUT2D eigenvalue weighted by Gasteiger charge is 2.25. The number of nitrogens with one attached hydrogen (secondary N) is 1. The lowest BCUT2D eigenvalue weighted by atomic mass is 10.0. The number of benzene rings is 1. The second-order valence-corrected chi connectivity index (χ2v) is 9.80. The third-order valence-electron chi connectivity index (χ3n) is 6.82. The predicted octanol–water partition coefficient (Wildman–Crippen LogP) is 2.74. The van der Waals surface area contributed by atoms with E-state index in [0.717, 1.165) is 30.4 Å². The number of fused-ring (bicyclic) bond motifs is 1. The Kier molecular flexibility index (Phi) is 8.73. The van der Waals surface area contributed by atoms with E-state index in [1.807, 2.05) is 4.90 Å². The van der Waals surface area contributed by atoms with Crippen LogP contribution in [-0.2, 0) is 17.8 Å². The number of likely N-dealkylation sites (tertiary alicyclic amines) is 1. The largest absolute Gasteiger partial charge is 0.505 e. The fraction of sp³-hybridized carbons (Fsp3) is 0.429. The number of amides is 2. The van der Waals surface area contributed by atoms with Gasteiger partial charge < -0.3 is 25.0 Å². The molecule has 3 N–H and O–H groups in total. The monoisotopic (exact) mass is 524 g/mol. The molecule has 3 heterocycles. The number of carbonyl (C=O) groups excluding carboxylic acids is 2. The quantitative estimate of drug-likeness (QED) is 0.395. The molecule has 3 aromatic rings. The number of aromatic nitrogens is 2. The van der Waals surface area contributed by atoms with E-state index < -0.39 is 28.8 Å². The molecule has 1 aromatic carbocycles. The Morgan fingerprint density at radius 2 is 1.89 bits per heavy atom. The van der Waals surface area contributed by atoms with Crippen molar-refractivity contribution in [1.82, 2.24) is 19.8 Å². The van der Waals surface area contributed by atoms with Crippen molar-refractivity contribution in [2.75, 3.05) is 19.7 Å². The van der Waals surface area contributed by atoms with Crippen molar-refractivity contribution in [3.8, 4) is 5.75 Å². The normalized spacial score (nSPS) is 14.9. The molecule has 38 heavy (non-hydrogen) atoms. The molecule has 0 unspecified atom stereocenters. The highest BCUT2D eigenvalue weighted by molar-refractivity contribution is 6.01. The molecule has 10 heteroatoms. The number of aromatic hydroxyl groups is 1. The van der Waals surface area contributed by atoms with Gasteiger partial charge in [0.15, 0.2) is 5.75 Å². The summed E-state index contributed by atoms with van der Waals surface area (Å²) in [5.41, 5.74) is 0.925. The first-order valence-corrected chi connectivity index (χ1v) is 13.0. The number of aliphatic hydroxyl groups excluding tert-OH is 1. The van der Waals surface area contributed by atoms with Gasteiger partial charge in [0.1, 0.15) is 16.9 Å². The van der Waals surface area contributed by atoms with Crippen LogP contribution in [0, 0.1) is 5.82 Å². The van der Waals surface area contributed by atoms with Gasteiger partial charge in [0.25, 0.3) is 11.5 Å². The van der Waals surface area contributed by atoms with Crippen LogP contribution in [0.15, 0.2) is 41.3 Å². The van der Waals surface area contributed by atoms with Crippen molar-refractivity contribution >= 4 is 22.8 Å². The van der Waals surface area contributed by atoms with Crippen LogP contribution in [0.25, 0.3) is 11.0 Å². The van der Waals surface area contributed by atoms with Gasteiger partial charge in [-0.25, -0.2) is 4.39 Å². The summed E-state index contributed by atoms with van der Waals surface area (Å²) >= 11 is 0. The van der Waals surface area contributed by atoms with Gasteiger partial charge in [-0.3, -0.25) is 19.4 Å². The summed E-state index contributed by atoms with van der Waals surface area (Å²) in [6, 6.07) is 7.19. The molecule has 9 nitrogen and oxygen atoms in total. The fourth-order valence-corrected chi connectivity index (χ4v) is 4.74. The van der Waals surface area contributed by atoms with Gasteiger partial charge in [0.05, 0.1) is 12.1 Å². The van der Waals surface area contributed by atoms with Gasteiger partial charge >= 0.3 is 0 Å². The van der Waals surface area contributed by atoms with Crippen molar-refractivity contribution in [3.05, 3.63) is 69.4 Å². The first-order chi connectivity index (χ1) is 18.3. The molecule has 1 aliphatic rings. The minimum Gasteiger partial charge on any atom is -0.505 e. The maximum Gasteiger partial charge on any atom is 0.267 e. The minimum atomic E-state index is -0.801. The number of rotatable bonds is 9. The van der Waals surface area contributed by atoms with E-state index in [2.05, 4.69) is 10.3 Å². The maximum atomic E-state index is 13.6. The molecule has 1 aliphatic heterocycles. The molecule has 2 aromatic heterocycles. The van der Waals surface area contributed by atoms with Gasteiger partial charge in [-0.1, -0.05) is 18.6 Å². The zero-order chi connectivity index (χ0) is 27.2. The molecule has 0 bridgehead atoms. The Hall–Kier alpha value is -3.79. The lowest BCUT2D eigenvalue weighted by molar-refractivity contribution is -0.130. The number of pyridine rings is 2. The average molecular weight is 525 g/mol. The molecule has 1 saturated heterocycles. The molecule has 0 spiro atoms. The Bertz CT molecular complexity index is 1370. The zero-order valence-electron chi connectivity index (χ0n) is 21.5. The van der Waals surface area contributed by atoms with Crippen molar-refractivity contribution in [2.24, 2.45) is 0 Å².